The maximum absolute atomic E-state index is 4.95. The molecule has 102 valence electrons. The summed E-state index contributed by atoms with van der Waals surface area (Å²) >= 11 is 0. The van der Waals surface area contributed by atoms with Crippen LogP contribution in [0.2, 0.25) is 0 Å². The fourth-order valence-electron chi connectivity index (χ4n) is 1.34. The molecule has 0 spiro atoms. The normalized spacial score (nSPS) is 10.7. The van der Waals surface area contributed by atoms with Gasteiger partial charge in [-0.25, -0.2) is 0 Å². The molecule has 7 nitrogen and oxygen atoms in total. The number of ether oxygens (including phenoxy) is 1. The van der Waals surface area contributed by atoms with Crippen molar-refractivity contribution in [3.8, 4) is 0 Å². The molecular formula is C11H22N6O. The van der Waals surface area contributed by atoms with Crippen LogP contribution in [0.4, 0.5) is 11.8 Å². The van der Waals surface area contributed by atoms with Crippen LogP contribution in [0.5, 0.6) is 0 Å². The minimum Gasteiger partial charge on any atom is -0.383 e. The first-order valence-corrected chi connectivity index (χ1v) is 6.03. The number of hydrogen-bond acceptors (Lipinski definition) is 7. The van der Waals surface area contributed by atoms with Crippen molar-refractivity contribution < 1.29 is 4.74 Å². The molecule has 0 saturated carbocycles. The second-order valence-electron chi connectivity index (χ2n) is 4.17. The zero-order valence-corrected chi connectivity index (χ0v) is 11.3. The van der Waals surface area contributed by atoms with Crippen LogP contribution < -0.4 is 10.6 Å². The van der Waals surface area contributed by atoms with Gasteiger partial charge in [0, 0.05) is 20.2 Å². The summed E-state index contributed by atoms with van der Waals surface area (Å²) in [5.74, 6) is 1.26. The van der Waals surface area contributed by atoms with Gasteiger partial charge in [0.1, 0.15) is 0 Å². The van der Waals surface area contributed by atoms with Crippen LogP contribution in [-0.4, -0.2) is 67.5 Å². The minimum atomic E-state index is 0.552. The lowest BCUT2D eigenvalue weighted by Crippen LogP contribution is -2.17. The van der Waals surface area contributed by atoms with Crippen LogP contribution in [-0.2, 0) is 4.74 Å². The molecule has 0 radical (unpaired) electrons. The van der Waals surface area contributed by atoms with Crippen molar-refractivity contribution in [2.75, 3.05) is 58.1 Å². The SMILES string of the molecule is COCCNc1cnnc(NCCCN(C)C)n1. The van der Waals surface area contributed by atoms with E-state index in [1.165, 1.54) is 0 Å². The third kappa shape index (κ3) is 6.31. The highest BCUT2D eigenvalue weighted by Crippen LogP contribution is 2.02. The number of anilines is 2. The number of nitrogens with zero attached hydrogens (tertiary/aromatic N) is 4. The molecule has 18 heavy (non-hydrogen) atoms. The van der Waals surface area contributed by atoms with E-state index in [1.807, 2.05) is 0 Å². The predicted molar refractivity (Wildman–Crippen MR) is 71.9 cm³/mol. The van der Waals surface area contributed by atoms with Crippen molar-refractivity contribution in [3.63, 3.8) is 0 Å². The van der Waals surface area contributed by atoms with Gasteiger partial charge in [-0.3, -0.25) is 0 Å². The van der Waals surface area contributed by atoms with Gasteiger partial charge in [-0.1, -0.05) is 0 Å². The van der Waals surface area contributed by atoms with Gasteiger partial charge in [0.2, 0.25) is 5.95 Å². The largest absolute Gasteiger partial charge is 0.383 e. The average molecular weight is 254 g/mol. The molecule has 1 aromatic heterocycles. The second kappa shape index (κ2) is 8.60. The molecule has 0 bridgehead atoms. The number of hydrogen-bond donors (Lipinski definition) is 2. The molecule has 2 N–H and O–H groups in total. The fraction of sp³-hybridized carbons (Fsp3) is 0.727. The highest BCUT2D eigenvalue weighted by Gasteiger charge is 1.99. The number of methoxy groups -OCH3 is 1. The van der Waals surface area contributed by atoms with Crippen LogP contribution in [0.25, 0.3) is 0 Å². The molecule has 0 atom stereocenters. The number of nitrogens with one attached hydrogen (secondary N) is 2. The maximum atomic E-state index is 4.95. The van der Waals surface area contributed by atoms with Gasteiger partial charge in [-0.05, 0) is 27.1 Å². The molecule has 0 aliphatic heterocycles. The average Bonchev–Trinajstić information content (AvgIpc) is 2.35. The van der Waals surface area contributed by atoms with Crippen LogP contribution >= 0.6 is 0 Å². The summed E-state index contributed by atoms with van der Waals surface area (Å²) in [6, 6.07) is 0. The van der Waals surface area contributed by atoms with Gasteiger partial charge in [0.25, 0.3) is 0 Å². The Morgan fingerprint density at radius 1 is 1.28 bits per heavy atom. The monoisotopic (exact) mass is 254 g/mol. The number of aromatic nitrogens is 3. The van der Waals surface area contributed by atoms with Crippen molar-refractivity contribution in [1.29, 1.82) is 0 Å². The molecular weight excluding hydrogens is 232 g/mol. The van der Waals surface area contributed by atoms with Gasteiger partial charge in [0.05, 0.1) is 12.8 Å². The van der Waals surface area contributed by atoms with Gasteiger partial charge in [0.15, 0.2) is 5.82 Å². The third-order valence-corrected chi connectivity index (χ3v) is 2.24. The summed E-state index contributed by atoms with van der Waals surface area (Å²) in [6.45, 7) is 3.21. The Morgan fingerprint density at radius 2 is 2.11 bits per heavy atom. The third-order valence-electron chi connectivity index (χ3n) is 2.24. The molecule has 0 fully saturated rings. The Balaban J connectivity index is 2.30. The predicted octanol–water partition coefficient (Wildman–Crippen LogP) is 0.294. The summed E-state index contributed by atoms with van der Waals surface area (Å²) in [7, 11) is 5.77. The van der Waals surface area contributed by atoms with Crippen LogP contribution in [0.3, 0.4) is 0 Å². The molecule has 0 amide bonds. The molecule has 1 heterocycles. The quantitative estimate of drug-likeness (QED) is 0.614. The van der Waals surface area contributed by atoms with E-state index in [0.29, 0.717) is 24.9 Å². The van der Waals surface area contributed by atoms with Crippen LogP contribution in [0, 0.1) is 0 Å². The summed E-state index contributed by atoms with van der Waals surface area (Å²) < 4.78 is 4.95. The topological polar surface area (TPSA) is 75.2 Å². The first kappa shape index (κ1) is 14.6. The molecule has 1 aromatic rings. The zero-order valence-electron chi connectivity index (χ0n) is 11.3. The molecule has 0 aliphatic rings. The van der Waals surface area contributed by atoms with E-state index in [4.69, 9.17) is 4.74 Å². The van der Waals surface area contributed by atoms with Crippen LogP contribution in [0.15, 0.2) is 6.20 Å². The van der Waals surface area contributed by atoms with Crippen LogP contribution in [0.1, 0.15) is 6.42 Å². The zero-order chi connectivity index (χ0) is 13.2. The number of rotatable bonds is 9. The molecule has 1 rings (SSSR count). The summed E-state index contributed by atoms with van der Waals surface area (Å²) in [5, 5.41) is 14.1. The van der Waals surface area contributed by atoms with Crippen molar-refractivity contribution in [1.82, 2.24) is 20.1 Å². The standard InChI is InChI=1S/C11H22N6O/c1-17(2)7-4-5-13-11-15-10(9-14-16-11)12-6-8-18-3/h9H,4-8H2,1-3H3,(H2,12,13,15,16). The highest BCUT2D eigenvalue weighted by atomic mass is 16.5. The molecule has 0 aromatic carbocycles. The fourth-order valence-corrected chi connectivity index (χ4v) is 1.34. The molecule has 0 saturated heterocycles. The first-order valence-electron chi connectivity index (χ1n) is 6.03. The summed E-state index contributed by atoms with van der Waals surface area (Å²) in [4.78, 5) is 6.44. The van der Waals surface area contributed by atoms with E-state index in [1.54, 1.807) is 13.3 Å². The van der Waals surface area contributed by atoms with Gasteiger partial charge < -0.3 is 20.3 Å². The van der Waals surface area contributed by atoms with Gasteiger partial charge >= 0.3 is 0 Å². The smallest absolute Gasteiger partial charge is 0.244 e. The van der Waals surface area contributed by atoms with Crippen molar-refractivity contribution in [3.05, 3.63) is 6.20 Å². The Hall–Kier alpha value is -1.47. The Bertz CT molecular complexity index is 333. The molecule has 0 aliphatic carbocycles. The minimum absolute atomic E-state index is 0.552. The lowest BCUT2D eigenvalue weighted by Gasteiger charge is -2.10. The molecule has 7 heteroatoms. The van der Waals surface area contributed by atoms with E-state index in [0.717, 1.165) is 19.5 Å². The highest BCUT2D eigenvalue weighted by molar-refractivity contribution is 5.36. The van der Waals surface area contributed by atoms with E-state index in [2.05, 4.69) is 44.8 Å². The van der Waals surface area contributed by atoms with Gasteiger partial charge in [-0.2, -0.15) is 10.1 Å². The Kier molecular flexibility index (Phi) is 6.97. The maximum Gasteiger partial charge on any atom is 0.244 e. The summed E-state index contributed by atoms with van der Waals surface area (Å²) in [6.07, 6.45) is 2.64. The van der Waals surface area contributed by atoms with Crippen molar-refractivity contribution in [2.45, 2.75) is 6.42 Å². The lowest BCUT2D eigenvalue weighted by atomic mass is 10.4. The Labute approximate surface area is 108 Å². The van der Waals surface area contributed by atoms with Gasteiger partial charge in [-0.15, -0.1) is 5.10 Å². The van der Waals surface area contributed by atoms with Crippen molar-refractivity contribution in [2.24, 2.45) is 0 Å². The van der Waals surface area contributed by atoms with E-state index >= 15 is 0 Å². The van der Waals surface area contributed by atoms with Crippen molar-refractivity contribution >= 4 is 11.8 Å². The Morgan fingerprint density at radius 3 is 2.83 bits per heavy atom. The van der Waals surface area contributed by atoms with E-state index in [-0.39, 0.29) is 0 Å². The van der Waals surface area contributed by atoms with E-state index < -0.39 is 0 Å². The summed E-state index contributed by atoms with van der Waals surface area (Å²) in [5.41, 5.74) is 0. The van der Waals surface area contributed by atoms with E-state index in [9.17, 15) is 0 Å². The second-order valence-corrected chi connectivity index (χ2v) is 4.17. The lowest BCUT2D eigenvalue weighted by molar-refractivity contribution is 0.210. The molecule has 0 unspecified atom stereocenters. The first-order chi connectivity index (χ1) is 8.72.